The van der Waals surface area contributed by atoms with Gasteiger partial charge in [-0.25, -0.2) is 4.98 Å². The summed E-state index contributed by atoms with van der Waals surface area (Å²) in [6, 6.07) is 18.2. The number of benzene rings is 2. The van der Waals surface area contributed by atoms with Gasteiger partial charge in [0, 0.05) is 32.6 Å². The molecule has 0 saturated carbocycles. The van der Waals surface area contributed by atoms with Crippen LogP contribution in [0.2, 0.25) is 0 Å². The summed E-state index contributed by atoms with van der Waals surface area (Å²) in [5.74, 6) is 0.793. The standard InChI is InChI=1S/C21H27N5O.HI/c1-22-21(24-14-18(15-27)17-8-3-2-4-9-17)23-12-7-13-26-16-25-19-10-5-6-11-20(19)26;/h2-6,8-11,16,18,27H,7,12-15H2,1H3,(H2,22,23,24);1H. The Hall–Kier alpha value is -2.13. The Morgan fingerprint density at radius 1 is 1.11 bits per heavy atom. The second-order valence-electron chi connectivity index (χ2n) is 6.45. The van der Waals surface area contributed by atoms with E-state index in [1.54, 1.807) is 7.05 Å². The molecule has 1 unspecified atom stereocenters. The van der Waals surface area contributed by atoms with Crippen LogP contribution in [0.1, 0.15) is 17.9 Å². The molecule has 3 N–H and O–H groups in total. The lowest BCUT2D eigenvalue weighted by molar-refractivity contribution is 0.265. The van der Waals surface area contributed by atoms with Crippen LogP contribution in [0.3, 0.4) is 0 Å². The van der Waals surface area contributed by atoms with E-state index in [4.69, 9.17) is 0 Å². The van der Waals surface area contributed by atoms with Crippen LogP contribution >= 0.6 is 24.0 Å². The minimum Gasteiger partial charge on any atom is -0.396 e. The quantitative estimate of drug-likeness (QED) is 0.195. The molecular weight excluding hydrogens is 465 g/mol. The highest BCUT2D eigenvalue weighted by molar-refractivity contribution is 14.0. The van der Waals surface area contributed by atoms with Crippen LogP contribution in [0.5, 0.6) is 0 Å². The van der Waals surface area contributed by atoms with Gasteiger partial charge in [-0.3, -0.25) is 4.99 Å². The van der Waals surface area contributed by atoms with E-state index in [2.05, 4.69) is 31.2 Å². The van der Waals surface area contributed by atoms with E-state index in [1.807, 2.05) is 54.9 Å². The molecule has 3 rings (SSSR count). The zero-order chi connectivity index (χ0) is 18.9. The first-order valence-corrected chi connectivity index (χ1v) is 9.32. The highest BCUT2D eigenvalue weighted by atomic mass is 127. The molecule has 0 aliphatic rings. The van der Waals surface area contributed by atoms with Crippen molar-refractivity contribution in [2.45, 2.75) is 18.9 Å². The van der Waals surface area contributed by atoms with Crippen molar-refractivity contribution in [2.24, 2.45) is 4.99 Å². The Morgan fingerprint density at radius 3 is 2.61 bits per heavy atom. The van der Waals surface area contributed by atoms with Gasteiger partial charge in [0.05, 0.1) is 24.0 Å². The Morgan fingerprint density at radius 2 is 1.86 bits per heavy atom. The number of aliphatic hydroxyl groups excluding tert-OH is 1. The highest BCUT2D eigenvalue weighted by Crippen LogP contribution is 2.13. The minimum absolute atomic E-state index is 0. The van der Waals surface area contributed by atoms with Crippen molar-refractivity contribution in [3.63, 3.8) is 0 Å². The molecule has 1 heterocycles. The first-order chi connectivity index (χ1) is 13.3. The normalized spacial score (nSPS) is 12.4. The Kier molecular flexibility index (Phi) is 9.22. The number of aryl methyl sites for hydroxylation is 1. The first-order valence-electron chi connectivity index (χ1n) is 9.32. The number of guanidine groups is 1. The van der Waals surface area contributed by atoms with Crippen LogP contribution in [-0.4, -0.2) is 47.4 Å². The Labute approximate surface area is 183 Å². The molecule has 150 valence electrons. The number of aliphatic imine (C=N–C) groups is 1. The maximum absolute atomic E-state index is 9.66. The average molecular weight is 493 g/mol. The monoisotopic (exact) mass is 493 g/mol. The first kappa shape index (κ1) is 22.2. The average Bonchev–Trinajstić information content (AvgIpc) is 3.14. The van der Waals surface area contributed by atoms with Crippen molar-refractivity contribution >= 4 is 41.0 Å². The van der Waals surface area contributed by atoms with Crippen LogP contribution in [-0.2, 0) is 6.54 Å². The zero-order valence-corrected chi connectivity index (χ0v) is 18.4. The van der Waals surface area contributed by atoms with Gasteiger partial charge in [-0.05, 0) is 24.1 Å². The predicted molar refractivity (Wildman–Crippen MR) is 125 cm³/mol. The smallest absolute Gasteiger partial charge is 0.191 e. The summed E-state index contributed by atoms with van der Waals surface area (Å²) in [7, 11) is 1.76. The Balaban J connectivity index is 0.00000280. The topological polar surface area (TPSA) is 74.5 Å². The molecule has 0 radical (unpaired) electrons. The summed E-state index contributed by atoms with van der Waals surface area (Å²) in [5, 5.41) is 16.3. The summed E-state index contributed by atoms with van der Waals surface area (Å²) >= 11 is 0. The maximum Gasteiger partial charge on any atom is 0.191 e. The second-order valence-corrected chi connectivity index (χ2v) is 6.45. The lowest BCUT2D eigenvalue weighted by Gasteiger charge is -2.18. The lowest BCUT2D eigenvalue weighted by Crippen LogP contribution is -2.40. The highest BCUT2D eigenvalue weighted by Gasteiger charge is 2.10. The minimum atomic E-state index is 0. The molecular formula is C21H28IN5O. The van der Waals surface area contributed by atoms with Gasteiger partial charge in [0.2, 0.25) is 0 Å². The molecule has 1 atom stereocenters. The largest absolute Gasteiger partial charge is 0.396 e. The number of nitrogens with zero attached hydrogens (tertiary/aromatic N) is 3. The molecule has 0 aliphatic carbocycles. The molecule has 7 heteroatoms. The van der Waals surface area contributed by atoms with Gasteiger partial charge in [0.1, 0.15) is 0 Å². The van der Waals surface area contributed by atoms with Crippen molar-refractivity contribution in [1.82, 2.24) is 20.2 Å². The fourth-order valence-electron chi connectivity index (χ4n) is 3.10. The summed E-state index contributed by atoms with van der Waals surface area (Å²) in [6.07, 6.45) is 2.85. The molecule has 2 aromatic carbocycles. The van der Waals surface area contributed by atoms with Gasteiger partial charge >= 0.3 is 0 Å². The number of nitrogens with one attached hydrogen (secondary N) is 2. The number of halogens is 1. The second kappa shape index (κ2) is 11.7. The fourth-order valence-corrected chi connectivity index (χ4v) is 3.10. The van der Waals surface area contributed by atoms with Crippen LogP contribution in [0.25, 0.3) is 11.0 Å². The molecule has 6 nitrogen and oxygen atoms in total. The van der Waals surface area contributed by atoms with Gasteiger partial charge in [-0.2, -0.15) is 0 Å². The third-order valence-electron chi connectivity index (χ3n) is 4.63. The number of para-hydroxylation sites is 2. The van der Waals surface area contributed by atoms with E-state index in [0.717, 1.165) is 42.1 Å². The van der Waals surface area contributed by atoms with Crippen LogP contribution in [0, 0.1) is 0 Å². The molecule has 0 saturated heterocycles. The number of rotatable bonds is 8. The number of aliphatic hydroxyl groups is 1. The summed E-state index contributed by atoms with van der Waals surface area (Å²) < 4.78 is 2.17. The van der Waals surface area contributed by atoms with Crippen LogP contribution in [0.4, 0.5) is 0 Å². The van der Waals surface area contributed by atoms with Crippen LogP contribution in [0.15, 0.2) is 65.9 Å². The van der Waals surface area contributed by atoms with Gasteiger partial charge in [0.15, 0.2) is 5.96 Å². The zero-order valence-electron chi connectivity index (χ0n) is 16.1. The van der Waals surface area contributed by atoms with Gasteiger partial charge in [-0.1, -0.05) is 42.5 Å². The molecule has 0 amide bonds. The third kappa shape index (κ3) is 5.93. The van der Waals surface area contributed by atoms with Gasteiger partial charge in [0.25, 0.3) is 0 Å². The van der Waals surface area contributed by atoms with E-state index in [1.165, 1.54) is 0 Å². The summed E-state index contributed by atoms with van der Waals surface area (Å²) in [6.45, 7) is 2.43. The Bertz CT molecular complexity index is 865. The number of fused-ring (bicyclic) bond motifs is 1. The van der Waals surface area contributed by atoms with Crippen molar-refractivity contribution in [3.05, 3.63) is 66.5 Å². The summed E-state index contributed by atoms with van der Waals surface area (Å²) in [5.41, 5.74) is 3.31. The SMILES string of the molecule is CN=C(NCCCn1cnc2ccccc21)NCC(CO)c1ccccc1.I. The molecule has 28 heavy (non-hydrogen) atoms. The maximum atomic E-state index is 9.66. The molecule has 0 aliphatic heterocycles. The summed E-state index contributed by atoms with van der Waals surface area (Å²) in [4.78, 5) is 8.68. The predicted octanol–water partition coefficient (Wildman–Crippen LogP) is 2.99. The van der Waals surface area contributed by atoms with Crippen molar-refractivity contribution in [3.8, 4) is 0 Å². The number of hydrogen-bond acceptors (Lipinski definition) is 3. The van der Waals surface area contributed by atoms with E-state index >= 15 is 0 Å². The number of imidazole rings is 1. The van der Waals surface area contributed by atoms with Gasteiger partial charge in [-0.15, -0.1) is 24.0 Å². The fraction of sp³-hybridized carbons (Fsp3) is 0.333. The van der Waals surface area contributed by atoms with Crippen molar-refractivity contribution in [2.75, 3.05) is 26.7 Å². The lowest BCUT2D eigenvalue weighted by atomic mass is 10.0. The van der Waals surface area contributed by atoms with Crippen molar-refractivity contribution in [1.29, 1.82) is 0 Å². The van der Waals surface area contributed by atoms with E-state index in [-0.39, 0.29) is 36.5 Å². The van der Waals surface area contributed by atoms with E-state index in [9.17, 15) is 5.11 Å². The van der Waals surface area contributed by atoms with Gasteiger partial charge < -0.3 is 20.3 Å². The molecule has 0 fully saturated rings. The number of aromatic nitrogens is 2. The molecule has 0 spiro atoms. The van der Waals surface area contributed by atoms with E-state index < -0.39 is 0 Å². The number of hydrogen-bond donors (Lipinski definition) is 3. The molecule has 1 aromatic heterocycles. The van der Waals surface area contributed by atoms with Crippen molar-refractivity contribution < 1.29 is 5.11 Å². The van der Waals surface area contributed by atoms with E-state index in [0.29, 0.717) is 6.54 Å². The molecule has 3 aromatic rings. The molecule has 0 bridgehead atoms. The third-order valence-corrected chi connectivity index (χ3v) is 4.63. The van der Waals surface area contributed by atoms with Crippen LogP contribution < -0.4 is 10.6 Å².